The van der Waals surface area contributed by atoms with Gasteiger partial charge in [-0.1, -0.05) is 61.2 Å². The smallest absolute Gasteiger partial charge is 0.258 e. The summed E-state index contributed by atoms with van der Waals surface area (Å²) in [7, 11) is 0. The van der Waals surface area contributed by atoms with Crippen molar-refractivity contribution in [2.24, 2.45) is 0 Å². The Morgan fingerprint density at radius 3 is 2.00 bits per heavy atom. The number of nitro benzene ring substituents is 1. The molecule has 0 aliphatic heterocycles. The number of nitro groups is 1. The van der Waals surface area contributed by atoms with Gasteiger partial charge in [0.15, 0.2) is 0 Å². The van der Waals surface area contributed by atoms with E-state index in [1.165, 1.54) is 6.07 Å². The van der Waals surface area contributed by atoms with E-state index in [-0.39, 0.29) is 10.6 Å². The number of rotatable bonds is 2. The summed E-state index contributed by atoms with van der Waals surface area (Å²) in [5.74, 6) is 0. The van der Waals surface area contributed by atoms with Gasteiger partial charge >= 0.3 is 0 Å². The average Bonchev–Trinajstić information content (AvgIpc) is 2.41. The molecule has 0 unspecified atom stereocenters. The Labute approximate surface area is 107 Å². The maximum Gasteiger partial charge on any atom is 0.272 e. The lowest BCUT2D eigenvalue weighted by Crippen LogP contribution is -1.91. The molecule has 0 radical (unpaired) electrons. The zero-order chi connectivity index (χ0) is 13.4. The standard InChI is InChI=1S/C9H9NO2.C6H6/c1-3-8-5-4-7(2)9(6-8)10(11)12;1-2-4-6-5-3-1/h3-6H,1H2,2H3;1-6H. The Kier molecular flexibility index (Phi) is 5.32. The van der Waals surface area contributed by atoms with Gasteiger partial charge in [-0.25, -0.2) is 0 Å². The lowest BCUT2D eigenvalue weighted by molar-refractivity contribution is -0.385. The summed E-state index contributed by atoms with van der Waals surface area (Å²) in [6.45, 7) is 5.25. The lowest BCUT2D eigenvalue weighted by atomic mass is 10.1. The molecular weight excluding hydrogens is 226 g/mol. The third-order valence-corrected chi connectivity index (χ3v) is 2.33. The second-order valence-corrected chi connectivity index (χ2v) is 3.66. The molecule has 2 aromatic carbocycles. The predicted molar refractivity (Wildman–Crippen MR) is 74.4 cm³/mol. The zero-order valence-corrected chi connectivity index (χ0v) is 10.2. The summed E-state index contributed by atoms with van der Waals surface area (Å²) in [5, 5.41) is 10.5. The molecule has 0 heterocycles. The number of hydrogen-bond acceptors (Lipinski definition) is 2. The van der Waals surface area contributed by atoms with E-state index in [1.807, 2.05) is 36.4 Å². The monoisotopic (exact) mass is 241 g/mol. The van der Waals surface area contributed by atoms with Crippen molar-refractivity contribution >= 4 is 11.8 Å². The molecule has 0 amide bonds. The molecular formula is C15H15NO2. The minimum Gasteiger partial charge on any atom is -0.258 e. The Bertz CT molecular complexity index is 495. The van der Waals surface area contributed by atoms with Crippen LogP contribution in [0, 0.1) is 17.0 Å². The number of hydrogen-bond donors (Lipinski definition) is 0. The predicted octanol–water partition coefficient (Wildman–Crippen LogP) is 4.23. The van der Waals surface area contributed by atoms with E-state index in [9.17, 15) is 10.1 Å². The van der Waals surface area contributed by atoms with Crippen molar-refractivity contribution in [2.75, 3.05) is 0 Å². The minimum atomic E-state index is -0.387. The van der Waals surface area contributed by atoms with Gasteiger partial charge in [0, 0.05) is 11.6 Å². The fraction of sp³-hybridized carbons (Fsp3) is 0.0667. The van der Waals surface area contributed by atoms with Crippen LogP contribution in [0.3, 0.4) is 0 Å². The Balaban J connectivity index is 0.000000225. The van der Waals surface area contributed by atoms with Crippen LogP contribution >= 0.6 is 0 Å². The topological polar surface area (TPSA) is 43.1 Å². The highest BCUT2D eigenvalue weighted by Gasteiger charge is 2.08. The number of nitrogens with zero attached hydrogens (tertiary/aromatic N) is 1. The lowest BCUT2D eigenvalue weighted by Gasteiger charge is -1.97. The molecule has 2 aromatic rings. The summed E-state index contributed by atoms with van der Waals surface area (Å²) >= 11 is 0. The van der Waals surface area contributed by atoms with E-state index in [2.05, 4.69) is 6.58 Å². The van der Waals surface area contributed by atoms with Crippen LogP contribution in [0.2, 0.25) is 0 Å². The molecule has 3 heteroatoms. The summed E-state index contributed by atoms with van der Waals surface area (Å²) < 4.78 is 0. The molecule has 0 saturated heterocycles. The minimum absolute atomic E-state index is 0.146. The van der Waals surface area contributed by atoms with Crippen molar-refractivity contribution in [3.05, 3.63) is 82.4 Å². The molecule has 0 aliphatic rings. The average molecular weight is 241 g/mol. The van der Waals surface area contributed by atoms with Gasteiger partial charge in [0.05, 0.1) is 4.92 Å². The van der Waals surface area contributed by atoms with E-state index in [1.54, 1.807) is 25.1 Å². The summed E-state index contributed by atoms with van der Waals surface area (Å²) in [5.41, 5.74) is 1.59. The van der Waals surface area contributed by atoms with Crippen molar-refractivity contribution in [3.8, 4) is 0 Å². The number of aryl methyl sites for hydroxylation is 1. The molecule has 0 fully saturated rings. The molecule has 92 valence electrons. The second-order valence-electron chi connectivity index (χ2n) is 3.66. The summed E-state index contributed by atoms with van der Waals surface area (Å²) in [6, 6.07) is 17.0. The quantitative estimate of drug-likeness (QED) is 0.583. The van der Waals surface area contributed by atoms with Crippen LogP contribution in [-0.4, -0.2) is 4.92 Å². The first-order chi connectivity index (χ1) is 8.65. The van der Waals surface area contributed by atoms with Crippen molar-refractivity contribution in [3.63, 3.8) is 0 Å². The van der Waals surface area contributed by atoms with Crippen LogP contribution < -0.4 is 0 Å². The summed E-state index contributed by atoms with van der Waals surface area (Å²) in [6.07, 6.45) is 1.59. The van der Waals surface area contributed by atoms with Crippen molar-refractivity contribution in [1.82, 2.24) is 0 Å². The fourth-order valence-electron chi connectivity index (χ4n) is 1.33. The van der Waals surface area contributed by atoms with Crippen LogP contribution in [0.4, 0.5) is 5.69 Å². The second kappa shape index (κ2) is 7.01. The molecule has 0 spiro atoms. The first kappa shape index (κ1) is 13.6. The van der Waals surface area contributed by atoms with Crippen LogP contribution in [0.15, 0.2) is 61.2 Å². The van der Waals surface area contributed by atoms with Crippen LogP contribution in [0.25, 0.3) is 6.08 Å². The molecule has 0 atom stereocenters. The molecule has 0 aliphatic carbocycles. The molecule has 0 saturated carbocycles. The first-order valence-corrected chi connectivity index (χ1v) is 5.52. The van der Waals surface area contributed by atoms with E-state index < -0.39 is 0 Å². The van der Waals surface area contributed by atoms with Gasteiger partial charge in [0.2, 0.25) is 0 Å². The van der Waals surface area contributed by atoms with Gasteiger partial charge in [-0.05, 0) is 12.5 Å². The summed E-state index contributed by atoms with van der Waals surface area (Å²) in [4.78, 5) is 10.1. The highest BCUT2D eigenvalue weighted by Crippen LogP contribution is 2.19. The van der Waals surface area contributed by atoms with Gasteiger partial charge in [-0.3, -0.25) is 10.1 Å². The third kappa shape index (κ3) is 4.22. The SMILES string of the molecule is C=Cc1ccc(C)c([N+](=O)[O-])c1.c1ccccc1. The third-order valence-electron chi connectivity index (χ3n) is 2.33. The number of benzene rings is 2. The van der Waals surface area contributed by atoms with E-state index in [0.29, 0.717) is 5.56 Å². The normalized spacial score (nSPS) is 8.94. The Morgan fingerprint density at radius 1 is 1.11 bits per heavy atom. The molecule has 0 N–H and O–H groups in total. The zero-order valence-electron chi connectivity index (χ0n) is 10.2. The van der Waals surface area contributed by atoms with Gasteiger partial charge in [-0.2, -0.15) is 0 Å². The van der Waals surface area contributed by atoms with Gasteiger partial charge in [0.25, 0.3) is 5.69 Å². The van der Waals surface area contributed by atoms with Crippen LogP contribution in [0.1, 0.15) is 11.1 Å². The molecule has 0 aromatic heterocycles. The largest absolute Gasteiger partial charge is 0.272 e. The molecule has 2 rings (SSSR count). The van der Waals surface area contributed by atoms with E-state index in [0.717, 1.165) is 5.56 Å². The maximum absolute atomic E-state index is 10.5. The van der Waals surface area contributed by atoms with Crippen LogP contribution in [-0.2, 0) is 0 Å². The molecule has 18 heavy (non-hydrogen) atoms. The first-order valence-electron chi connectivity index (χ1n) is 5.52. The van der Waals surface area contributed by atoms with Gasteiger partial charge in [-0.15, -0.1) is 0 Å². The van der Waals surface area contributed by atoms with Crippen molar-refractivity contribution < 1.29 is 4.92 Å². The highest BCUT2D eigenvalue weighted by molar-refractivity contribution is 5.54. The fourth-order valence-corrected chi connectivity index (χ4v) is 1.33. The van der Waals surface area contributed by atoms with Gasteiger partial charge in [0.1, 0.15) is 0 Å². The van der Waals surface area contributed by atoms with Gasteiger partial charge < -0.3 is 0 Å². The van der Waals surface area contributed by atoms with Crippen LogP contribution in [0.5, 0.6) is 0 Å². The van der Waals surface area contributed by atoms with E-state index >= 15 is 0 Å². The maximum atomic E-state index is 10.5. The molecule has 0 bridgehead atoms. The molecule has 3 nitrogen and oxygen atoms in total. The Hall–Kier alpha value is -2.42. The Morgan fingerprint density at radius 2 is 1.61 bits per heavy atom. The van der Waals surface area contributed by atoms with Crippen molar-refractivity contribution in [2.45, 2.75) is 6.92 Å². The highest BCUT2D eigenvalue weighted by atomic mass is 16.6. The van der Waals surface area contributed by atoms with Crippen molar-refractivity contribution in [1.29, 1.82) is 0 Å². The van der Waals surface area contributed by atoms with E-state index in [4.69, 9.17) is 0 Å².